The molecule has 1 saturated carbocycles. The van der Waals surface area contributed by atoms with E-state index in [1.165, 1.54) is 23.4 Å². The van der Waals surface area contributed by atoms with Gasteiger partial charge in [-0.2, -0.15) is 0 Å². The second kappa shape index (κ2) is 7.43. The van der Waals surface area contributed by atoms with E-state index in [2.05, 4.69) is 5.32 Å². The van der Waals surface area contributed by atoms with E-state index in [9.17, 15) is 9.59 Å². The van der Waals surface area contributed by atoms with Gasteiger partial charge in [0, 0.05) is 23.8 Å². The van der Waals surface area contributed by atoms with E-state index in [0.717, 1.165) is 24.3 Å². The Kier molecular flexibility index (Phi) is 5.30. The zero-order valence-electron chi connectivity index (χ0n) is 13.3. The van der Waals surface area contributed by atoms with Gasteiger partial charge in [0.15, 0.2) is 0 Å². The Morgan fingerprint density at radius 3 is 2.52 bits per heavy atom. The van der Waals surface area contributed by atoms with Crippen molar-refractivity contribution in [3.8, 4) is 0 Å². The number of hydrogen-bond donors (Lipinski definition) is 2. The van der Waals surface area contributed by atoms with E-state index >= 15 is 0 Å². The molecule has 1 amide bonds. The van der Waals surface area contributed by atoms with Gasteiger partial charge in [0.05, 0.1) is 16.6 Å². The first-order valence-electron chi connectivity index (χ1n) is 8.61. The SMILES string of the molecule is O=C(O)C1CCC(C(=O)NCCc2nc3c(s2)CCCC3)CC1. The lowest BCUT2D eigenvalue weighted by atomic mass is 9.81. The van der Waals surface area contributed by atoms with E-state index in [1.807, 2.05) is 0 Å². The molecule has 0 atom stereocenters. The smallest absolute Gasteiger partial charge is 0.306 e. The third-order valence-electron chi connectivity index (χ3n) is 4.98. The number of carbonyl (C=O) groups is 2. The minimum atomic E-state index is -0.725. The standard InChI is InChI=1S/C17H24N2O3S/c20-16(11-5-7-12(8-6-11)17(21)22)18-10-9-15-19-13-3-1-2-4-14(13)23-15/h11-12H,1-10H2,(H,18,20)(H,21,22). The van der Waals surface area contributed by atoms with Gasteiger partial charge in [-0.05, 0) is 51.4 Å². The molecule has 0 unspecified atom stereocenters. The number of aromatic nitrogens is 1. The van der Waals surface area contributed by atoms with Crippen LogP contribution in [0.5, 0.6) is 0 Å². The molecule has 2 aliphatic carbocycles. The molecule has 2 aliphatic rings. The van der Waals surface area contributed by atoms with E-state index in [4.69, 9.17) is 10.1 Å². The average Bonchev–Trinajstić information content (AvgIpc) is 2.97. The second-order valence-corrected chi connectivity index (χ2v) is 7.78. The molecule has 0 aliphatic heterocycles. The topological polar surface area (TPSA) is 79.3 Å². The fourth-order valence-corrected chi connectivity index (χ4v) is 4.71. The van der Waals surface area contributed by atoms with Crippen LogP contribution in [0.1, 0.15) is 54.1 Å². The summed E-state index contributed by atoms with van der Waals surface area (Å²) in [5, 5.41) is 13.1. The fourth-order valence-electron chi connectivity index (χ4n) is 3.55. The molecule has 1 aromatic heterocycles. The van der Waals surface area contributed by atoms with Crippen LogP contribution in [0.15, 0.2) is 0 Å². The zero-order valence-corrected chi connectivity index (χ0v) is 14.2. The quantitative estimate of drug-likeness (QED) is 0.866. The number of carboxylic acid groups (broad SMARTS) is 1. The number of aliphatic carboxylic acids is 1. The van der Waals surface area contributed by atoms with Crippen molar-refractivity contribution < 1.29 is 14.7 Å². The van der Waals surface area contributed by atoms with Crippen molar-refractivity contribution in [1.29, 1.82) is 0 Å². The van der Waals surface area contributed by atoms with Gasteiger partial charge in [-0.15, -0.1) is 11.3 Å². The molecule has 5 nitrogen and oxygen atoms in total. The van der Waals surface area contributed by atoms with Crippen molar-refractivity contribution in [2.75, 3.05) is 6.54 Å². The largest absolute Gasteiger partial charge is 0.481 e. The Bertz CT molecular complexity index is 553. The Morgan fingerprint density at radius 2 is 1.83 bits per heavy atom. The van der Waals surface area contributed by atoms with Crippen LogP contribution in [0, 0.1) is 11.8 Å². The molecule has 1 heterocycles. The molecular weight excluding hydrogens is 312 g/mol. The number of fused-ring (bicyclic) bond motifs is 1. The van der Waals surface area contributed by atoms with Crippen molar-refractivity contribution in [3.63, 3.8) is 0 Å². The number of thiazole rings is 1. The number of nitrogens with zero attached hydrogens (tertiary/aromatic N) is 1. The maximum Gasteiger partial charge on any atom is 0.306 e. The van der Waals surface area contributed by atoms with E-state index in [0.29, 0.717) is 32.2 Å². The van der Waals surface area contributed by atoms with Crippen LogP contribution in [0.3, 0.4) is 0 Å². The van der Waals surface area contributed by atoms with Gasteiger partial charge in [0.2, 0.25) is 5.91 Å². The molecule has 0 saturated heterocycles. The van der Waals surface area contributed by atoms with Gasteiger partial charge >= 0.3 is 5.97 Å². The van der Waals surface area contributed by atoms with Crippen LogP contribution >= 0.6 is 11.3 Å². The summed E-state index contributed by atoms with van der Waals surface area (Å²) in [6.07, 6.45) is 8.18. The number of aryl methyl sites for hydroxylation is 2. The first-order chi connectivity index (χ1) is 11.1. The molecule has 126 valence electrons. The second-order valence-electron chi connectivity index (χ2n) is 6.61. The molecule has 3 rings (SSSR count). The summed E-state index contributed by atoms with van der Waals surface area (Å²) in [5.74, 6) is -0.928. The Hall–Kier alpha value is -1.43. The minimum Gasteiger partial charge on any atom is -0.481 e. The number of rotatable bonds is 5. The summed E-state index contributed by atoms with van der Waals surface area (Å²) in [6, 6.07) is 0. The molecule has 0 bridgehead atoms. The van der Waals surface area contributed by atoms with Crippen LogP contribution in [-0.2, 0) is 28.9 Å². The van der Waals surface area contributed by atoms with E-state index in [-0.39, 0.29) is 17.7 Å². The summed E-state index contributed by atoms with van der Waals surface area (Å²) in [7, 11) is 0. The first-order valence-corrected chi connectivity index (χ1v) is 9.43. The normalized spacial score (nSPS) is 24.0. The van der Waals surface area contributed by atoms with E-state index in [1.54, 1.807) is 11.3 Å². The molecule has 2 N–H and O–H groups in total. The molecule has 23 heavy (non-hydrogen) atoms. The van der Waals surface area contributed by atoms with Crippen molar-refractivity contribution >= 4 is 23.2 Å². The van der Waals surface area contributed by atoms with Crippen molar-refractivity contribution in [1.82, 2.24) is 10.3 Å². The Labute approximate surface area is 140 Å². The lowest BCUT2D eigenvalue weighted by Crippen LogP contribution is -2.35. The lowest BCUT2D eigenvalue weighted by Gasteiger charge is -2.25. The summed E-state index contributed by atoms with van der Waals surface area (Å²) in [5.41, 5.74) is 1.27. The van der Waals surface area contributed by atoms with Gasteiger partial charge in [-0.25, -0.2) is 4.98 Å². The monoisotopic (exact) mass is 336 g/mol. The molecule has 0 radical (unpaired) electrons. The van der Waals surface area contributed by atoms with Gasteiger partial charge in [-0.1, -0.05) is 0 Å². The summed E-state index contributed by atoms with van der Waals surface area (Å²) in [4.78, 5) is 29.2. The number of amides is 1. The van der Waals surface area contributed by atoms with Gasteiger partial charge < -0.3 is 10.4 Å². The zero-order chi connectivity index (χ0) is 16.2. The van der Waals surface area contributed by atoms with Crippen molar-refractivity contribution in [2.24, 2.45) is 11.8 Å². The third-order valence-corrected chi connectivity index (χ3v) is 6.19. The maximum atomic E-state index is 12.2. The molecule has 1 fully saturated rings. The predicted molar refractivity (Wildman–Crippen MR) is 88.6 cm³/mol. The van der Waals surface area contributed by atoms with Crippen LogP contribution in [0.2, 0.25) is 0 Å². The van der Waals surface area contributed by atoms with Crippen molar-refractivity contribution in [2.45, 2.75) is 57.8 Å². The van der Waals surface area contributed by atoms with Gasteiger partial charge in [0.25, 0.3) is 0 Å². The third kappa shape index (κ3) is 4.10. The Morgan fingerprint density at radius 1 is 1.13 bits per heavy atom. The highest BCUT2D eigenvalue weighted by atomic mass is 32.1. The van der Waals surface area contributed by atoms with Crippen LogP contribution in [0.4, 0.5) is 0 Å². The average molecular weight is 336 g/mol. The van der Waals surface area contributed by atoms with Crippen LogP contribution < -0.4 is 5.32 Å². The minimum absolute atomic E-state index is 0.0184. The highest BCUT2D eigenvalue weighted by Gasteiger charge is 2.29. The number of carboxylic acids is 1. The summed E-state index contributed by atoms with van der Waals surface area (Å²) < 4.78 is 0. The van der Waals surface area contributed by atoms with Gasteiger partial charge in [-0.3, -0.25) is 9.59 Å². The molecule has 1 aromatic rings. The molecule has 0 aromatic carbocycles. The number of hydrogen-bond acceptors (Lipinski definition) is 4. The number of nitrogens with one attached hydrogen (secondary N) is 1. The maximum absolute atomic E-state index is 12.2. The summed E-state index contributed by atoms with van der Waals surface area (Å²) in [6.45, 7) is 0.629. The molecule has 0 spiro atoms. The Balaban J connectivity index is 1.41. The molecule has 6 heteroatoms. The highest BCUT2D eigenvalue weighted by molar-refractivity contribution is 7.11. The van der Waals surface area contributed by atoms with Gasteiger partial charge in [0.1, 0.15) is 0 Å². The van der Waals surface area contributed by atoms with Crippen molar-refractivity contribution in [3.05, 3.63) is 15.6 Å². The number of carbonyl (C=O) groups excluding carboxylic acids is 1. The first kappa shape index (κ1) is 16.4. The fraction of sp³-hybridized carbons (Fsp3) is 0.706. The van der Waals surface area contributed by atoms with Crippen LogP contribution in [0.25, 0.3) is 0 Å². The molecular formula is C17H24N2O3S. The van der Waals surface area contributed by atoms with E-state index < -0.39 is 5.97 Å². The van der Waals surface area contributed by atoms with Crippen LogP contribution in [-0.4, -0.2) is 28.5 Å². The summed E-state index contributed by atoms with van der Waals surface area (Å²) >= 11 is 1.80. The lowest BCUT2D eigenvalue weighted by molar-refractivity contribution is -0.144. The highest BCUT2D eigenvalue weighted by Crippen LogP contribution is 2.29. The predicted octanol–water partition coefficient (Wildman–Crippen LogP) is 2.57.